The van der Waals surface area contributed by atoms with Crippen molar-refractivity contribution in [3.8, 4) is 0 Å². The van der Waals surface area contributed by atoms with Gasteiger partial charge in [0.1, 0.15) is 5.82 Å². The minimum atomic E-state index is -0.543. The normalized spacial score (nSPS) is 15.4. The van der Waals surface area contributed by atoms with Crippen molar-refractivity contribution in [1.29, 1.82) is 0 Å². The van der Waals surface area contributed by atoms with Crippen molar-refractivity contribution in [1.82, 2.24) is 20.6 Å². The molecule has 0 atom stereocenters. The summed E-state index contributed by atoms with van der Waals surface area (Å²) in [7, 11) is 0. The summed E-state index contributed by atoms with van der Waals surface area (Å²) in [5, 5.41) is 5.29. The first-order valence-electron chi connectivity index (χ1n) is 7.77. The SMILES string of the molecule is CCCNC(=O)C(=O)NCC1CCN(c2cnccn2)CC1. The van der Waals surface area contributed by atoms with Gasteiger partial charge in [0.25, 0.3) is 0 Å². The summed E-state index contributed by atoms with van der Waals surface area (Å²) < 4.78 is 0. The van der Waals surface area contributed by atoms with Crippen LogP contribution in [0.25, 0.3) is 0 Å². The molecule has 120 valence electrons. The Kier molecular flexibility index (Phi) is 6.12. The lowest BCUT2D eigenvalue weighted by atomic mass is 9.97. The lowest BCUT2D eigenvalue weighted by molar-refractivity contribution is -0.139. The third kappa shape index (κ3) is 4.68. The number of amides is 2. The van der Waals surface area contributed by atoms with Gasteiger partial charge in [0.2, 0.25) is 0 Å². The maximum Gasteiger partial charge on any atom is 0.309 e. The zero-order chi connectivity index (χ0) is 15.8. The van der Waals surface area contributed by atoms with E-state index in [1.807, 2.05) is 6.92 Å². The number of nitrogens with one attached hydrogen (secondary N) is 2. The molecule has 7 heteroatoms. The quantitative estimate of drug-likeness (QED) is 0.766. The number of aromatic nitrogens is 2. The third-order valence-electron chi connectivity index (χ3n) is 3.78. The van der Waals surface area contributed by atoms with Crippen LogP contribution in [0, 0.1) is 5.92 Å². The fourth-order valence-electron chi connectivity index (χ4n) is 2.46. The molecule has 0 aliphatic carbocycles. The highest BCUT2D eigenvalue weighted by molar-refractivity contribution is 6.35. The van der Waals surface area contributed by atoms with Crippen molar-refractivity contribution in [2.24, 2.45) is 5.92 Å². The molecule has 1 aromatic rings. The summed E-state index contributed by atoms with van der Waals surface area (Å²) in [5.41, 5.74) is 0. The maximum atomic E-state index is 11.6. The Morgan fingerprint density at radius 2 is 1.95 bits per heavy atom. The first kappa shape index (κ1) is 16.2. The van der Waals surface area contributed by atoms with Crippen molar-refractivity contribution in [2.75, 3.05) is 31.1 Å². The second kappa shape index (κ2) is 8.31. The predicted octanol–water partition coefficient (Wildman–Crippen LogP) is 0.335. The Labute approximate surface area is 130 Å². The Hall–Kier alpha value is -2.18. The Balaban J connectivity index is 1.69. The Morgan fingerprint density at radius 1 is 1.23 bits per heavy atom. The summed E-state index contributed by atoms with van der Waals surface area (Å²) in [6.45, 7) is 4.81. The lowest BCUT2D eigenvalue weighted by Crippen LogP contribution is -2.44. The van der Waals surface area contributed by atoms with Gasteiger partial charge >= 0.3 is 11.8 Å². The standard InChI is InChI=1S/C15H23N5O2/c1-2-5-18-14(21)15(22)19-10-12-3-8-20(9-4-12)13-11-16-6-7-17-13/h6-7,11-12H,2-5,8-10H2,1H3,(H,18,21)(H,19,22). The van der Waals surface area contributed by atoms with E-state index in [1.165, 1.54) is 0 Å². The summed E-state index contributed by atoms with van der Waals surface area (Å²) >= 11 is 0. The topological polar surface area (TPSA) is 87.2 Å². The predicted molar refractivity (Wildman–Crippen MR) is 83.3 cm³/mol. The van der Waals surface area contributed by atoms with Gasteiger partial charge in [0, 0.05) is 38.6 Å². The van der Waals surface area contributed by atoms with E-state index in [9.17, 15) is 9.59 Å². The summed E-state index contributed by atoms with van der Waals surface area (Å²) in [6.07, 6.45) is 7.87. The van der Waals surface area contributed by atoms with Crippen molar-refractivity contribution >= 4 is 17.6 Å². The highest BCUT2D eigenvalue weighted by Gasteiger charge is 2.21. The number of rotatable bonds is 5. The van der Waals surface area contributed by atoms with Gasteiger partial charge in [-0.05, 0) is 25.2 Å². The van der Waals surface area contributed by atoms with E-state index in [0.717, 1.165) is 38.2 Å². The minimum Gasteiger partial charge on any atom is -0.355 e. The van der Waals surface area contributed by atoms with Crippen LogP contribution in [0.5, 0.6) is 0 Å². The number of hydrogen-bond acceptors (Lipinski definition) is 5. The van der Waals surface area contributed by atoms with Gasteiger partial charge in [-0.25, -0.2) is 4.98 Å². The summed E-state index contributed by atoms with van der Waals surface area (Å²) in [6, 6.07) is 0. The van der Waals surface area contributed by atoms with E-state index >= 15 is 0 Å². The minimum absolute atomic E-state index is 0.399. The van der Waals surface area contributed by atoms with Crippen LogP contribution in [0.4, 0.5) is 5.82 Å². The van der Waals surface area contributed by atoms with E-state index in [-0.39, 0.29) is 0 Å². The highest BCUT2D eigenvalue weighted by Crippen LogP contribution is 2.20. The molecule has 2 amide bonds. The van der Waals surface area contributed by atoms with Crippen LogP contribution in [0.3, 0.4) is 0 Å². The highest BCUT2D eigenvalue weighted by atomic mass is 16.2. The van der Waals surface area contributed by atoms with E-state index in [1.54, 1.807) is 18.6 Å². The van der Waals surface area contributed by atoms with Gasteiger partial charge in [0.05, 0.1) is 6.20 Å². The fraction of sp³-hybridized carbons (Fsp3) is 0.600. The Morgan fingerprint density at radius 3 is 2.59 bits per heavy atom. The van der Waals surface area contributed by atoms with Crippen LogP contribution in [0.2, 0.25) is 0 Å². The summed E-state index contributed by atoms with van der Waals surface area (Å²) in [5.74, 6) is 0.212. The van der Waals surface area contributed by atoms with E-state index in [2.05, 4.69) is 25.5 Å². The van der Waals surface area contributed by atoms with Crippen LogP contribution in [0.1, 0.15) is 26.2 Å². The number of hydrogen-bond donors (Lipinski definition) is 2. The maximum absolute atomic E-state index is 11.6. The number of carbonyl (C=O) groups excluding carboxylic acids is 2. The molecule has 0 aromatic carbocycles. The van der Waals surface area contributed by atoms with E-state index in [0.29, 0.717) is 19.0 Å². The first-order chi connectivity index (χ1) is 10.7. The van der Waals surface area contributed by atoms with Gasteiger partial charge in [0.15, 0.2) is 0 Å². The number of nitrogens with zero attached hydrogens (tertiary/aromatic N) is 3. The largest absolute Gasteiger partial charge is 0.355 e. The fourth-order valence-corrected chi connectivity index (χ4v) is 2.46. The molecule has 1 aliphatic rings. The zero-order valence-corrected chi connectivity index (χ0v) is 12.9. The second-order valence-corrected chi connectivity index (χ2v) is 5.46. The van der Waals surface area contributed by atoms with Crippen LogP contribution < -0.4 is 15.5 Å². The van der Waals surface area contributed by atoms with Gasteiger partial charge < -0.3 is 15.5 Å². The van der Waals surface area contributed by atoms with Crippen LogP contribution >= 0.6 is 0 Å². The first-order valence-corrected chi connectivity index (χ1v) is 7.77. The molecular formula is C15H23N5O2. The molecule has 0 spiro atoms. The number of anilines is 1. The lowest BCUT2D eigenvalue weighted by Gasteiger charge is -2.32. The van der Waals surface area contributed by atoms with Crippen molar-refractivity contribution in [3.05, 3.63) is 18.6 Å². The zero-order valence-electron chi connectivity index (χ0n) is 12.9. The van der Waals surface area contributed by atoms with Crippen molar-refractivity contribution < 1.29 is 9.59 Å². The molecule has 2 rings (SSSR count). The van der Waals surface area contributed by atoms with Gasteiger partial charge in [-0.2, -0.15) is 0 Å². The molecule has 1 aliphatic heterocycles. The third-order valence-corrected chi connectivity index (χ3v) is 3.78. The molecular weight excluding hydrogens is 282 g/mol. The summed E-state index contributed by atoms with van der Waals surface area (Å²) in [4.78, 5) is 33.7. The molecule has 1 aromatic heterocycles. The van der Waals surface area contributed by atoms with Crippen molar-refractivity contribution in [3.63, 3.8) is 0 Å². The molecule has 22 heavy (non-hydrogen) atoms. The average molecular weight is 305 g/mol. The molecule has 7 nitrogen and oxygen atoms in total. The van der Waals surface area contributed by atoms with Crippen LogP contribution in [-0.4, -0.2) is 48.0 Å². The molecule has 0 unspecified atom stereocenters. The van der Waals surface area contributed by atoms with Crippen LogP contribution in [0.15, 0.2) is 18.6 Å². The molecule has 0 bridgehead atoms. The van der Waals surface area contributed by atoms with E-state index in [4.69, 9.17) is 0 Å². The monoisotopic (exact) mass is 305 g/mol. The second-order valence-electron chi connectivity index (χ2n) is 5.46. The molecule has 1 fully saturated rings. The van der Waals surface area contributed by atoms with Gasteiger partial charge in [-0.15, -0.1) is 0 Å². The molecule has 2 N–H and O–H groups in total. The smallest absolute Gasteiger partial charge is 0.309 e. The molecule has 0 saturated carbocycles. The molecule has 2 heterocycles. The van der Waals surface area contributed by atoms with Gasteiger partial charge in [-0.1, -0.05) is 6.92 Å². The van der Waals surface area contributed by atoms with Crippen LogP contribution in [-0.2, 0) is 9.59 Å². The average Bonchev–Trinajstić information content (AvgIpc) is 2.58. The number of carbonyl (C=O) groups is 2. The van der Waals surface area contributed by atoms with Crippen molar-refractivity contribution in [2.45, 2.75) is 26.2 Å². The number of piperidine rings is 1. The molecule has 1 saturated heterocycles. The molecule has 0 radical (unpaired) electrons. The Bertz CT molecular complexity index is 486. The van der Waals surface area contributed by atoms with E-state index < -0.39 is 11.8 Å². The van der Waals surface area contributed by atoms with Gasteiger partial charge in [-0.3, -0.25) is 14.6 Å².